The highest BCUT2D eigenvalue weighted by molar-refractivity contribution is 6.31. The summed E-state index contributed by atoms with van der Waals surface area (Å²) < 4.78 is 5.43. The number of halogens is 1. The van der Waals surface area contributed by atoms with Gasteiger partial charge in [0.25, 0.3) is 0 Å². The summed E-state index contributed by atoms with van der Waals surface area (Å²) in [5, 5.41) is 3.70. The molecular formula is C17H26ClN3O2. The van der Waals surface area contributed by atoms with Crippen molar-refractivity contribution in [3.8, 4) is 0 Å². The van der Waals surface area contributed by atoms with Gasteiger partial charge in [0.2, 0.25) is 5.91 Å². The predicted octanol–water partition coefficient (Wildman–Crippen LogP) is 1.96. The number of ether oxygens (including phenoxy) is 1. The van der Waals surface area contributed by atoms with Gasteiger partial charge < -0.3 is 15.8 Å². The lowest BCUT2D eigenvalue weighted by molar-refractivity contribution is -0.122. The summed E-state index contributed by atoms with van der Waals surface area (Å²) >= 11 is 6.37. The van der Waals surface area contributed by atoms with Gasteiger partial charge in [-0.1, -0.05) is 43.1 Å². The Hall–Kier alpha value is -1.14. The van der Waals surface area contributed by atoms with Crippen LogP contribution >= 0.6 is 11.6 Å². The molecule has 1 amide bonds. The van der Waals surface area contributed by atoms with Gasteiger partial charge in [-0.3, -0.25) is 9.69 Å². The standard InChI is InChI=1S/C17H26ClN3O2/c1-2-5-15(19)17(22)20-12-16(21-8-10-23-11-9-21)13-6-3-4-7-14(13)18/h3-4,6-7,15-16H,2,5,8-12,19H2,1H3,(H,20,22). The highest BCUT2D eigenvalue weighted by Crippen LogP contribution is 2.27. The van der Waals surface area contributed by atoms with E-state index in [4.69, 9.17) is 22.1 Å². The number of rotatable bonds is 7. The molecular weight excluding hydrogens is 314 g/mol. The van der Waals surface area contributed by atoms with Crippen LogP contribution in [0, 0.1) is 0 Å². The molecule has 1 aromatic carbocycles. The minimum atomic E-state index is -0.448. The van der Waals surface area contributed by atoms with Crippen LogP contribution in [-0.2, 0) is 9.53 Å². The zero-order chi connectivity index (χ0) is 16.7. The van der Waals surface area contributed by atoms with E-state index < -0.39 is 6.04 Å². The molecule has 2 unspecified atom stereocenters. The minimum absolute atomic E-state index is 0.0328. The number of morpholine rings is 1. The molecule has 0 radical (unpaired) electrons. The van der Waals surface area contributed by atoms with Gasteiger partial charge in [0.1, 0.15) is 0 Å². The second kappa shape index (κ2) is 9.23. The molecule has 6 heteroatoms. The number of nitrogens with one attached hydrogen (secondary N) is 1. The molecule has 1 aliphatic heterocycles. The number of amides is 1. The molecule has 2 atom stereocenters. The molecule has 1 heterocycles. The summed E-state index contributed by atoms with van der Waals surface area (Å²) in [4.78, 5) is 14.4. The molecule has 0 aromatic heterocycles. The Morgan fingerprint density at radius 2 is 2.09 bits per heavy atom. The normalized spacial score (nSPS) is 18.4. The summed E-state index contributed by atoms with van der Waals surface area (Å²) in [6.45, 7) is 5.57. The van der Waals surface area contributed by atoms with Crippen molar-refractivity contribution in [3.05, 3.63) is 34.9 Å². The first-order chi connectivity index (χ1) is 11.1. The van der Waals surface area contributed by atoms with E-state index in [2.05, 4.69) is 10.2 Å². The quantitative estimate of drug-likeness (QED) is 0.797. The maximum Gasteiger partial charge on any atom is 0.236 e. The fourth-order valence-corrected chi connectivity index (χ4v) is 3.10. The van der Waals surface area contributed by atoms with Crippen molar-refractivity contribution in [1.82, 2.24) is 10.2 Å². The van der Waals surface area contributed by atoms with Crippen LogP contribution in [0.2, 0.25) is 5.02 Å². The SMILES string of the molecule is CCCC(N)C(=O)NCC(c1ccccc1Cl)N1CCOCC1. The van der Waals surface area contributed by atoms with Gasteiger partial charge in [-0.25, -0.2) is 0 Å². The van der Waals surface area contributed by atoms with Gasteiger partial charge in [0.05, 0.1) is 25.3 Å². The Morgan fingerprint density at radius 3 is 2.74 bits per heavy atom. The predicted molar refractivity (Wildman–Crippen MR) is 92.5 cm³/mol. The zero-order valence-corrected chi connectivity index (χ0v) is 14.4. The molecule has 1 fully saturated rings. The van der Waals surface area contributed by atoms with Gasteiger partial charge in [-0.05, 0) is 18.1 Å². The average molecular weight is 340 g/mol. The fourth-order valence-electron chi connectivity index (χ4n) is 2.84. The second-order valence-electron chi connectivity index (χ2n) is 5.83. The first-order valence-corrected chi connectivity index (χ1v) is 8.60. The summed E-state index contributed by atoms with van der Waals surface area (Å²) in [5.74, 6) is -0.0998. The highest BCUT2D eigenvalue weighted by Gasteiger charge is 2.25. The van der Waals surface area contributed by atoms with Crippen LogP contribution < -0.4 is 11.1 Å². The number of carbonyl (C=O) groups excluding carboxylic acids is 1. The molecule has 5 nitrogen and oxygen atoms in total. The first-order valence-electron chi connectivity index (χ1n) is 8.23. The number of benzene rings is 1. The van der Waals surface area contributed by atoms with Crippen LogP contribution in [0.25, 0.3) is 0 Å². The van der Waals surface area contributed by atoms with Gasteiger partial charge in [0.15, 0.2) is 0 Å². The summed E-state index contributed by atoms with van der Waals surface area (Å²) in [5.41, 5.74) is 6.92. The smallest absolute Gasteiger partial charge is 0.236 e. The van der Waals surface area contributed by atoms with Gasteiger partial charge in [-0.15, -0.1) is 0 Å². The molecule has 3 N–H and O–H groups in total. The molecule has 1 aromatic rings. The molecule has 0 aliphatic carbocycles. The van der Waals surface area contributed by atoms with E-state index in [1.54, 1.807) is 0 Å². The molecule has 128 valence electrons. The maximum atomic E-state index is 12.1. The Morgan fingerprint density at radius 1 is 1.39 bits per heavy atom. The number of hydrogen-bond acceptors (Lipinski definition) is 4. The van der Waals surface area contributed by atoms with Gasteiger partial charge in [0, 0.05) is 24.7 Å². The van der Waals surface area contributed by atoms with E-state index in [0.717, 1.165) is 30.1 Å². The van der Waals surface area contributed by atoms with Crippen molar-refractivity contribution in [2.24, 2.45) is 5.73 Å². The Kier molecular flexibility index (Phi) is 7.30. The average Bonchev–Trinajstić information content (AvgIpc) is 2.57. The Balaban J connectivity index is 2.08. The van der Waals surface area contributed by atoms with E-state index in [-0.39, 0.29) is 11.9 Å². The third kappa shape index (κ3) is 5.18. The topological polar surface area (TPSA) is 67.6 Å². The number of hydrogen-bond donors (Lipinski definition) is 2. The molecule has 1 aliphatic rings. The van der Waals surface area contributed by atoms with Gasteiger partial charge >= 0.3 is 0 Å². The monoisotopic (exact) mass is 339 g/mol. The van der Waals surface area contributed by atoms with E-state index in [1.165, 1.54) is 0 Å². The first kappa shape index (κ1) is 18.2. The Labute approximate surface area is 143 Å². The molecule has 1 saturated heterocycles. The van der Waals surface area contributed by atoms with E-state index in [1.807, 2.05) is 31.2 Å². The lowest BCUT2D eigenvalue weighted by Crippen LogP contribution is -2.47. The lowest BCUT2D eigenvalue weighted by Gasteiger charge is -2.35. The lowest BCUT2D eigenvalue weighted by atomic mass is 10.0. The fraction of sp³-hybridized carbons (Fsp3) is 0.588. The van der Waals surface area contributed by atoms with Crippen molar-refractivity contribution in [3.63, 3.8) is 0 Å². The Bertz CT molecular complexity index is 506. The summed E-state index contributed by atoms with van der Waals surface area (Å²) in [6, 6.07) is 7.37. The van der Waals surface area contributed by atoms with E-state index in [9.17, 15) is 4.79 Å². The van der Waals surface area contributed by atoms with Crippen LogP contribution in [0.15, 0.2) is 24.3 Å². The highest BCUT2D eigenvalue weighted by atomic mass is 35.5. The van der Waals surface area contributed by atoms with Crippen LogP contribution in [0.3, 0.4) is 0 Å². The number of carbonyl (C=O) groups is 1. The van der Waals surface area contributed by atoms with Crippen molar-refractivity contribution >= 4 is 17.5 Å². The molecule has 0 spiro atoms. The van der Waals surface area contributed by atoms with Crippen LogP contribution in [0.1, 0.15) is 31.4 Å². The second-order valence-corrected chi connectivity index (χ2v) is 6.23. The minimum Gasteiger partial charge on any atom is -0.379 e. The van der Waals surface area contributed by atoms with E-state index in [0.29, 0.717) is 26.2 Å². The number of nitrogens with two attached hydrogens (primary N) is 1. The summed E-state index contributed by atoms with van der Waals surface area (Å²) in [7, 11) is 0. The molecule has 23 heavy (non-hydrogen) atoms. The van der Waals surface area contributed by atoms with Crippen molar-refractivity contribution < 1.29 is 9.53 Å². The van der Waals surface area contributed by atoms with E-state index >= 15 is 0 Å². The van der Waals surface area contributed by atoms with Crippen LogP contribution in [-0.4, -0.2) is 49.7 Å². The van der Waals surface area contributed by atoms with Crippen LogP contribution in [0.5, 0.6) is 0 Å². The van der Waals surface area contributed by atoms with Crippen molar-refractivity contribution in [2.75, 3.05) is 32.8 Å². The maximum absolute atomic E-state index is 12.1. The molecule has 0 saturated carbocycles. The third-order valence-corrected chi connectivity index (χ3v) is 4.50. The van der Waals surface area contributed by atoms with Crippen LogP contribution in [0.4, 0.5) is 0 Å². The third-order valence-electron chi connectivity index (χ3n) is 4.16. The van der Waals surface area contributed by atoms with Crippen molar-refractivity contribution in [1.29, 1.82) is 0 Å². The zero-order valence-electron chi connectivity index (χ0n) is 13.6. The van der Waals surface area contributed by atoms with Crippen molar-refractivity contribution in [2.45, 2.75) is 31.8 Å². The largest absolute Gasteiger partial charge is 0.379 e. The van der Waals surface area contributed by atoms with Gasteiger partial charge in [-0.2, -0.15) is 0 Å². The number of nitrogens with zero attached hydrogens (tertiary/aromatic N) is 1. The molecule has 2 rings (SSSR count). The summed E-state index contributed by atoms with van der Waals surface area (Å²) in [6.07, 6.45) is 1.59. The molecule has 0 bridgehead atoms.